The Morgan fingerprint density at radius 3 is 2.44 bits per heavy atom. The van der Waals surface area contributed by atoms with E-state index in [1.54, 1.807) is 0 Å². The van der Waals surface area contributed by atoms with E-state index in [2.05, 4.69) is 35.6 Å². The zero-order valence-electron chi connectivity index (χ0n) is 9.86. The van der Waals surface area contributed by atoms with Gasteiger partial charge in [0.15, 0.2) is 0 Å². The molecule has 2 unspecified atom stereocenters. The predicted molar refractivity (Wildman–Crippen MR) is 67.3 cm³/mol. The van der Waals surface area contributed by atoms with Crippen molar-refractivity contribution in [3.05, 3.63) is 35.9 Å². The summed E-state index contributed by atoms with van der Waals surface area (Å²) in [4.78, 5) is 0. The normalized spacial score (nSPS) is 31.0. The summed E-state index contributed by atoms with van der Waals surface area (Å²) in [6.45, 7) is 1.21. The summed E-state index contributed by atoms with van der Waals surface area (Å²) in [5.41, 5.74) is 1.50. The van der Waals surface area contributed by atoms with E-state index in [9.17, 15) is 0 Å². The number of hydrogen-bond acceptors (Lipinski definition) is 1. The third-order valence-corrected chi connectivity index (χ3v) is 4.43. The van der Waals surface area contributed by atoms with E-state index in [0.717, 1.165) is 11.8 Å². The van der Waals surface area contributed by atoms with Crippen LogP contribution in [0.4, 0.5) is 0 Å². The summed E-state index contributed by atoms with van der Waals surface area (Å²) in [6.07, 6.45) is 7.24. The van der Waals surface area contributed by atoms with E-state index >= 15 is 0 Å². The Morgan fingerprint density at radius 2 is 1.69 bits per heavy atom. The Balaban J connectivity index is 1.78. The highest BCUT2D eigenvalue weighted by Crippen LogP contribution is 2.42. The first-order valence-electron chi connectivity index (χ1n) is 6.73. The van der Waals surface area contributed by atoms with Gasteiger partial charge in [-0.05, 0) is 30.4 Å². The highest BCUT2D eigenvalue weighted by atomic mass is 15.0. The summed E-state index contributed by atoms with van der Waals surface area (Å²) < 4.78 is 0. The molecule has 1 aliphatic carbocycles. The molecule has 1 aromatic carbocycles. The first-order valence-corrected chi connectivity index (χ1v) is 6.73. The van der Waals surface area contributed by atoms with E-state index in [1.807, 2.05) is 0 Å². The van der Waals surface area contributed by atoms with Crippen LogP contribution in [0.2, 0.25) is 0 Å². The number of rotatable bonds is 2. The molecular weight excluding hydrogens is 194 g/mol. The van der Waals surface area contributed by atoms with E-state index in [0.29, 0.717) is 6.04 Å². The van der Waals surface area contributed by atoms with Crippen molar-refractivity contribution in [2.24, 2.45) is 11.8 Å². The zero-order chi connectivity index (χ0) is 10.8. The standard InChI is InChI=1S/C15H21N/c1-2-8-13(9-3-1)15-14(10-11-16-15)12-6-4-5-7-12/h1-3,8-9,12,14-16H,4-7,10-11H2. The Bertz CT molecular complexity index is 327. The Morgan fingerprint density at radius 1 is 0.938 bits per heavy atom. The molecule has 0 amide bonds. The van der Waals surface area contributed by atoms with Crippen molar-refractivity contribution in [1.29, 1.82) is 0 Å². The SMILES string of the molecule is c1ccc(C2NCCC2C2CCCC2)cc1. The van der Waals surface area contributed by atoms with Crippen molar-refractivity contribution < 1.29 is 0 Å². The maximum atomic E-state index is 3.70. The predicted octanol–water partition coefficient (Wildman–Crippen LogP) is 3.53. The van der Waals surface area contributed by atoms with Gasteiger partial charge in [0.05, 0.1) is 0 Å². The summed E-state index contributed by atoms with van der Waals surface area (Å²) >= 11 is 0. The summed E-state index contributed by atoms with van der Waals surface area (Å²) in [6, 6.07) is 11.6. The van der Waals surface area contributed by atoms with Crippen LogP contribution in [-0.4, -0.2) is 6.54 Å². The molecule has 1 heterocycles. The van der Waals surface area contributed by atoms with Crippen molar-refractivity contribution in [3.63, 3.8) is 0 Å². The molecule has 1 nitrogen and oxygen atoms in total. The van der Waals surface area contributed by atoms with E-state index in [4.69, 9.17) is 0 Å². The smallest absolute Gasteiger partial charge is 0.0351 e. The van der Waals surface area contributed by atoms with Crippen molar-refractivity contribution in [2.45, 2.75) is 38.1 Å². The monoisotopic (exact) mass is 215 g/mol. The maximum Gasteiger partial charge on any atom is 0.0351 e. The second kappa shape index (κ2) is 4.58. The molecule has 16 heavy (non-hydrogen) atoms. The van der Waals surface area contributed by atoms with Gasteiger partial charge in [0, 0.05) is 6.04 Å². The molecule has 0 spiro atoms. The molecular formula is C15H21N. The fourth-order valence-electron chi connectivity index (χ4n) is 3.64. The largest absolute Gasteiger partial charge is 0.310 e. The highest BCUT2D eigenvalue weighted by molar-refractivity contribution is 5.21. The van der Waals surface area contributed by atoms with Gasteiger partial charge in [0.25, 0.3) is 0 Å². The average Bonchev–Trinajstić information content (AvgIpc) is 3.01. The first kappa shape index (κ1) is 10.3. The van der Waals surface area contributed by atoms with E-state index < -0.39 is 0 Å². The number of hydrogen-bond donors (Lipinski definition) is 1. The van der Waals surface area contributed by atoms with Gasteiger partial charge in [-0.3, -0.25) is 0 Å². The zero-order valence-corrected chi connectivity index (χ0v) is 9.86. The quantitative estimate of drug-likeness (QED) is 0.796. The second-order valence-corrected chi connectivity index (χ2v) is 5.34. The lowest BCUT2D eigenvalue weighted by atomic mass is 9.82. The molecule has 0 bridgehead atoms. The second-order valence-electron chi connectivity index (χ2n) is 5.34. The molecule has 1 aromatic rings. The van der Waals surface area contributed by atoms with E-state index in [1.165, 1.54) is 44.2 Å². The molecule has 1 N–H and O–H groups in total. The van der Waals surface area contributed by atoms with Crippen LogP contribution in [0.25, 0.3) is 0 Å². The average molecular weight is 215 g/mol. The van der Waals surface area contributed by atoms with E-state index in [-0.39, 0.29) is 0 Å². The lowest BCUT2D eigenvalue weighted by molar-refractivity contribution is 0.308. The maximum absolute atomic E-state index is 3.70. The van der Waals surface area contributed by atoms with Crippen molar-refractivity contribution in [1.82, 2.24) is 5.32 Å². The summed E-state index contributed by atoms with van der Waals surface area (Å²) in [5.74, 6) is 1.88. The first-order chi connectivity index (χ1) is 7.95. The molecule has 0 radical (unpaired) electrons. The van der Waals surface area contributed by atoms with Crippen LogP contribution in [0.5, 0.6) is 0 Å². The number of benzene rings is 1. The molecule has 0 aromatic heterocycles. The molecule has 3 rings (SSSR count). The van der Waals surface area contributed by atoms with Crippen LogP contribution in [0.3, 0.4) is 0 Å². The highest BCUT2D eigenvalue weighted by Gasteiger charge is 2.35. The van der Waals surface area contributed by atoms with Crippen LogP contribution in [-0.2, 0) is 0 Å². The van der Waals surface area contributed by atoms with Gasteiger partial charge in [-0.2, -0.15) is 0 Å². The molecule has 2 fully saturated rings. The molecule has 1 heteroatoms. The minimum absolute atomic E-state index is 0.629. The van der Waals surface area contributed by atoms with Gasteiger partial charge >= 0.3 is 0 Å². The molecule has 1 saturated heterocycles. The van der Waals surface area contributed by atoms with Crippen LogP contribution in [0.1, 0.15) is 43.7 Å². The van der Waals surface area contributed by atoms with Crippen LogP contribution in [0, 0.1) is 11.8 Å². The van der Waals surface area contributed by atoms with Crippen LogP contribution < -0.4 is 5.32 Å². The molecule has 1 aliphatic heterocycles. The minimum Gasteiger partial charge on any atom is -0.310 e. The van der Waals surface area contributed by atoms with Gasteiger partial charge in [-0.15, -0.1) is 0 Å². The topological polar surface area (TPSA) is 12.0 Å². The molecule has 2 aliphatic rings. The molecule has 86 valence electrons. The summed E-state index contributed by atoms with van der Waals surface area (Å²) in [7, 11) is 0. The van der Waals surface area contributed by atoms with Gasteiger partial charge in [0.1, 0.15) is 0 Å². The fraction of sp³-hybridized carbons (Fsp3) is 0.600. The van der Waals surface area contributed by atoms with Gasteiger partial charge in [-0.1, -0.05) is 56.0 Å². The molecule has 1 saturated carbocycles. The number of nitrogens with one attached hydrogen (secondary N) is 1. The van der Waals surface area contributed by atoms with Crippen molar-refractivity contribution >= 4 is 0 Å². The lowest BCUT2D eigenvalue weighted by Gasteiger charge is -2.25. The third-order valence-electron chi connectivity index (χ3n) is 4.43. The Labute approximate surface area is 98.3 Å². The van der Waals surface area contributed by atoms with Crippen LogP contribution in [0.15, 0.2) is 30.3 Å². The van der Waals surface area contributed by atoms with Crippen molar-refractivity contribution in [2.75, 3.05) is 6.54 Å². The third kappa shape index (κ3) is 1.89. The minimum atomic E-state index is 0.629. The Hall–Kier alpha value is -0.820. The van der Waals surface area contributed by atoms with Crippen LogP contribution >= 0.6 is 0 Å². The van der Waals surface area contributed by atoms with Gasteiger partial charge in [0.2, 0.25) is 0 Å². The van der Waals surface area contributed by atoms with Gasteiger partial charge in [-0.25, -0.2) is 0 Å². The molecule has 2 atom stereocenters. The lowest BCUT2D eigenvalue weighted by Crippen LogP contribution is -2.22. The summed E-state index contributed by atoms with van der Waals surface area (Å²) in [5, 5.41) is 3.70. The fourth-order valence-corrected chi connectivity index (χ4v) is 3.64. The van der Waals surface area contributed by atoms with Crippen molar-refractivity contribution in [3.8, 4) is 0 Å². The Kier molecular flexibility index (Phi) is 2.96. The van der Waals surface area contributed by atoms with Gasteiger partial charge < -0.3 is 5.32 Å².